The fourth-order valence-corrected chi connectivity index (χ4v) is 1.99. The summed E-state index contributed by atoms with van der Waals surface area (Å²) in [5.74, 6) is 0.478. The van der Waals surface area contributed by atoms with Crippen LogP contribution >= 0.6 is 11.6 Å². The predicted molar refractivity (Wildman–Crippen MR) is 80.5 cm³/mol. The lowest BCUT2D eigenvalue weighted by molar-refractivity contribution is -0.128. The zero-order valence-electron chi connectivity index (χ0n) is 12.6. The van der Waals surface area contributed by atoms with Gasteiger partial charge in [-0.1, -0.05) is 11.6 Å². The average Bonchev–Trinajstić information content (AvgIpc) is 2.35. The fourth-order valence-electron chi connectivity index (χ4n) is 1.88. The molecular weight excluding hydrogens is 278 g/mol. The molecular formula is C15H22ClNO3. The minimum absolute atomic E-state index is 0.0489. The van der Waals surface area contributed by atoms with Crippen LogP contribution in [0.15, 0.2) is 12.1 Å². The molecule has 1 N–H and O–H groups in total. The summed E-state index contributed by atoms with van der Waals surface area (Å²) in [7, 11) is 1.60. The molecule has 0 aromatic heterocycles. The Morgan fingerprint density at radius 1 is 1.30 bits per heavy atom. The Bertz CT molecular complexity index is 453. The van der Waals surface area contributed by atoms with Crippen LogP contribution in [-0.2, 0) is 9.53 Å². The van der Waals surface area contributed by atoms with Gasteiger partial charge >= 0.3 is 0 Å². The Balaban J connectivity index is 2.66. The first-order valence-electron chi connectivity index (χ1n) is 6.57. The molecule has 0 bridgehead atoms. The number of hydrogen-bond donors (Lipinski definition) is 1. The van der Waals surface area contributed by atoms with Gasteiger partial charge in [-0.3, -0.25) is 4.79 Å². The fraction of sp³-hybridized carbons (Fsp3) is 0.533. The van der Waals surface area contributed by atoms with E-state index in [-0.39, 0.29) is 11.9 Å². The quantitative estimate of drug-likeness (QED) is 0.878. The van der Waals surface area contributed by atoms with E-state index in [1.54, 1.807) is 14.0 Å². The molecule has 1 amide bonds. The van der Waals surface area contributed by atoms with Crippen LogP contribution in [0.4, 0.5) is 0 Å². The highest BCUT2D eigenvalue weighted by Crippen LogP contribution is 2.26. The highest BCUT2D eigenvalue weighted by Gasteiger charge is 2.17. The van der Waals surface area contributed by atoms with Gasteiger partial charge in [-0.2, -0.15) is 0 Å². The van der Waals surface area contributed by atoms with Gasteiger partial charge in [0.1, 0.15) is 5.75 Å². The summed E-state index contributed by atoms with van der Waals surface area (Å²) in [4.78, 5) is 12.0. The van der Waals surface area contributed by atoms with Crippen molar-refractivity contribution in [1.29, 1.82) is 0 Å². The minimum Gasteiger partial charge on any atom is -0.481 e. The lowest BCUT2D eigenvalue weighted by Gasteiger charge is -2.19. The standard InChI is InChI=1S/C15H22ClNO3/c1-9-6-13(7-10(2)14(9)16)20-12(4)15(18)17-11(3)8-19-5/h6-7,11-12H,8H2,1-5H3,(H,17,18). The first-order valence-corrected chi connectivity index (χ1v) is 6.95. The number of amides is 1. The molecule has 0 aliphatic carbocycles. The topological polar surface area (TPSA) is 47.6 Å². The van der Waals surface area contributed by atoms with Crippen molar-refractivity contribution < 1.29 is 14.3 Å². The average molecular weight is 300 g/mol. The van der Waals surface area contributed by atoms with Crippen LogP contribution in [0.25, 0.3) is 0 Å². The molecule has 20 heavy (non-hydrogen) atoms. The van der Waals surface area contributed by atoms with Crippen molar-refractivity contribution in [2.45, 2.75) is 39.8 Å². The summed E-state index contributed by atoms with van der Waals surface area (Å²) < 4.78 is 10.6. The number of methoxy groups -OCH3 is 1. The Morgan fingerprint density at radius 3 is 2.35 bits per heavy atom. The van der Waals surface area contributed by atoms with Gasteiger partial charge in [-0.15, -0.1) is 0 Å². The second kappa shape index (κ2) is 7.50. The van der Waals surface area contributed by atoms with E-state index in [0.29, 0.717) is 12.4 Å². The second-order valence-electron chi connectivity index (χ2n) is 5.00. The third kappa shape index (κ3) is 4.69. The molecule has 1 aromatic carbocycles. The Morgan fingerprint density at radius 2 is 1.85 bits per heavy atom. The number of aryl methyl sites for hydroxylation is 2. The van der Waals surface area contributed by atoms with Crippen LogP contribution < -0.4 is 10.1 Å². The molecule has 0 fully saturated rings. The molecule has 0 saturated heterocycles. The molecule has 0 radical (unpaired) electrons. The van der Waals surface area contributed by atoms with Gasteiger partial charge in [0.15, 0.2) is 6.10 Å². The van der Waals surface area contributed by atoms with Gasteiger partial charge in [-0.25, -0.2) is 0 Å². The maximum absolute atomic E-state index is 12.0. The van der Waals surface area contributed by atoms with Crippen molar-refractivity contribution >= 4 is 17.5 Å². The Labute approximate surface area is 125 Å². The van der Waals surface area contributed by atoms with Crippen molar-refractivity contribution in [1.82, 2.24) is 5.32 Å². The zero-order valence-corrected chi connectivity index (χ0v) is 13.4. The smallest absolute Gasteiger partial charge is 0.261 e. The number of hydrogen-bond acceptors (Lipinski definition) is 3. The van der Waals surface area contributed by atoms with Crippen LogP contribution in [0.1, 0.15) is 25.0 Å². The molecule has 0 spiro atoms. The maximum atomic E-state index is 12.0. The van der Waals surface area contributed by atoms with Gasteiger partial charge in [0.05, 0.1) is 6.61 Å². The molecule has 0 aliphatic rings. The molecule has 2 unspecified atom stereocenters. The van der Waals surface area contributed by atoms with Crippen molar-refractivity contribution in [2.75, 3.05) is 13.7 Å². The molecule has 4 nitrogen and oxygen atoms in total. The SMILES string of the molecule is COCC(C)NC(=O)C(C)Oc1cc(C)c(Cl)c(C)c1. The third-order valence-corrected chi connectivity index (χ3v) is 3.49. The minimum atomic E-state index is -0.575. The summed E-state index contributed by atoms with van der Waals surface area (Å²) in [6, 6.07) is 3.61. The van der Waals surface area contributed by atoms with Crippen molar-refractivity contribution in [2.24, 2.45) is 0 Å². The summed E-state index contributed by atoms with van der Waals surface area (Å²) in [6.07, 6.45) is -0.575. The highest BCUT2D eigenvalue weighted by atomic mass is 35.5. The van der Waals surface area contributed by atoms with Crippen LogP contribution in [-0.4, -0.2) is 31.8 Å². The van der Waals surface area contributed by atoms with Gasteiger partial charge < -0.3 is 14.8 Å². The maximum Gasteiger partial charge on any atom is 0.261 e. The molecule has 2 atom stereocenters. The van der Waals surface area contributed by atoms with Crippen LogP contribution in [0, 0.1) is 13.8 Å². The van der Waals surface area contributed by atoms with E-state index >= 15 is 0 Å². The number of carbonyl (C=O) groups excluding carboxylic acids is 1. The summed E-state index contributed by atoms with van der Waals surface area (Å²) >= 11 is 6.10. The monoisotopic (exact) mass is 299 g/mol. The van der Waals surface area contributed by atoms with Gasteiger partial charge in [0, 0.05) is 18.2 Å². The number of benzene rings is 1. The number of carbonyl (C=O) groups is 1. The molecule has 0 aliphatic heterocycles. The number of ether oxygens (including phenoxy) is 2. The largest absolute Gasteiger partial charge is 0.481 e. The Kier molecular flexibility index (Phi) is 6.30. The molecule has 1 rings (SSSR count). The zero-order chi connectivity index (χ0) is 15.3. The number of halogens is 1. The predicted octanol–water partition coefficient (Wildman–Crippen LogP) is 2.88. The van der Waals surface area contributed by atoms with E-state index in [1.165, 1.54) is 0 Å². The lowest BCUT2D eigenvalue weighted by Crippen LogP contribution is -2.43. The van der Waals surface area contributed by atoms with E-state index in [0.717, 1.165) is 16.1 Å². The lowest BCUT2D eigenvalue weighted by atomic mass is 10.1. The number of nitrogens with one attached hydrogen (secondary N) is 1. The van der Waals surface area contributed by atoms with Crippen molar-refractivity contribution in [3.8, 4) is 5.75 Å². The molecule has 5 heteroatoms. The van der Waals surface area contributed by atoms with Crippen LogP contribution in [0.2, 0.25) is 5.02 Å². The van der Waals surface area contributed by atoms with Crippen LogP contribution in [0.5, 0.6) is 5.75 Å². The van der Waals surface area contributed by atoms with Gasteiger partial charge in [0.2, 0.25) is 0 Å². The summed E-state index contributed by atoms with van der Waals surface area (Å²) in [5, 5.41) is 3.55. The Hall–Kier alpha value is -1.26. The molecule has 0 heterocycles. The molecule has 1 aromatic rings. The van der Waals surface area contributed by atoms with Crippen molar-refractivity contribution in [3.63, 3.8) is 0 Å². The van der Waals surface area contributed by atoms with E-state index in [4.69, 9.17) is 21.1 Å². The van der Waals surface area contributed by atoms with Crippen molar-refractivity contribution in [3.05, 3.63) is 28.3 Å². The normalized spacial score (nSPS) is 13.7. The van der Waals surface area contributed by atoms with Crippen LogP contribution in [0.3, 0.4) is 0 Å². The van der Waals surface area contributed by atoms with E-state index < -0.39 is 6.10 Å². The van der Waals surface area contributed by atoms with E-state index in [9.17, 15) is 4.79 Å². The first-order chi connectivity index (χ1) is 9.35. The number of rotatable bonds is 6. The molecule has 0 saturated carbocycles. The summed E-state index contributed by atoms with van der Waals surface area (Å²) in [6.45, 7) is 7.89. The van der Waals surface area contributed by atoms with E-state index in [2.05, 4.69) is 5.32 Å². The van der Waals surface area contributed by atoms with Gasteiger partial charge in [-0.05, 0) is 51.0 Å². The highest BCUT2D eigenvalue weighted by molar-refractivity contribution is 6.32. The summed E-state index contributed by atoms with van der Waals surface area (Å²) in [5.41, 5.74) is 1.86. The van der Waals surface area contributed by atoms with E-state index in [1.807, 2.05) is 32.9 Å². The van der Waals surface area contributed by atoms with Gasteiger partial charge in [0.25, 0.3) is 5.91 Å². The molecule has 112 valence electrons. The first kappa shape index (κ1) is 16.8. The second-order valence-corrected chi connectivity index (χ2v) is 5.37. The third-order valence-electron chi connectivity index (χ3n) is 2.90.